The fraction of sp³-hybridized carbons (Fsp3) is 0.292. The molecule has 0 spiro atoms. The van der Waals surface area contributed by atoms with E-state index < -0.39 is 23.9 Å². The summed E-state index contributed by atoms with van der Waals surface area (Å²) in [7, 11) is 6.23. The molecule has 0 saturated carbocycles. The summed E-state index contributed by atoms with van der Waals surface area (Å²) in [5, 5.41) is 0. The molecule has 0 aliphatic carbocycles. The fourth-order valence-electron chi connectivity index (χ4n) is 5.77. The van der Waals surface area contributed by atoms with Crippen LogP contribution in [0.2, 0.25) is 0 Å². The number of ether oxygens (including phenoxy) is 10. The van der Waals surface area contributed by atoms with Gasteiger partial charge in [0.15, 0.2) is 0 Å². The van der Waals surface area contributed by atoms with Gasteiger partial charge in [-0.25, -0.2) is 19.2 Å². The molecule has 5 aromatic carbocycles. The summed E-state index contributed by atoms with van der Waals surface area (Å²) in [5.41, 5.74) is 0.810. The van der Waals surface area contributed by atoms with Crippen molar-refractivity contribution in [2.24, 2.45) is 0 Å². The molecule has 2 unspecified atom stereocenters. The van der Waals surface area contributed by atoms with E-state index in [0.29, 0.717) is 36.2 Å². The molecule has 0 fully saturated rings. The summed E-state index contributed by atoms with van der Waals surface area (Å²) in [6.07, 6.45) is 3.60. The number of carbonyl (C=O) groups is 4. The maximum absolute atomic E-state index is 13.0. The summed E-state index contributed by atoms with van der Waals surface area (Å²) in [6, 6.07) is 27.3. The Bertz CT molecular complexity index is 2090. The molecular formula is C48H50O14. The highest BCUT2D eigenvalue weighted by atomic mass is 16.6. The van der Waals surface area contributed by atoms with Crippen LogP contribution in [0.15, 0.2) is 109 Å². The lowest BCUT2D eigenvalue weighted by atomic mass is 10.2. The SMILES string of the molecule is COc1cc(OCCCC(C)OC)ccc1C(=O)Oc1ccc(C(=O)Oc2ccc(OC(=O)c3ccc(OC(=O)c4ccc(OCCCC(C)OC)cc4OC)cc3)cc2)cc1. The monoisotopic (exact) mass is 850 g/mol. The maximum Gasteiger partial charge on any atom is 0.347 e. The molecule has 0 radical (unpaired) electrons. The number of carbonyl (C=O) groups excluding carboxylic acids is 4. The minimum Gasteiger partial charge on any atom is -0.496 e. The molecule has 14 nitrogen and oxygen atoms in total. The molecule has 14 heteroatoms. The number of hydrogen-bond acceptors (Lipinski definition) is 14. The quantitative estimate of drug-likeness (QED) is 0.0369. The van der Waals surface area contributed by atoms with Crippen molar-refractivity contribution >= 4 is 23.9 Å². The lowest BCUT2D eigenvalue weighted by Crippen LogP contribution is -2.12. The van der Waals surface area contributed by atoms with E-state index in [2.05, 4.69) is 0 Å². The van der Waals surface area contributed by atoms with Crippen molar-refractivity contribution in [2.45, 2.75) is 51.7 Å². The van der Waals surface area contributed by atoms with E-state index in [0.717, 1.165) is 25.7 Å². The van der Waals surface area contributed by atoms with Crippen LogP contribution in [-0.2, 0) is 9.47 Å². The highest BCUT2D eigenvalue weighted by Crippen LogP contribution is 2.29. The van der Waals surface area contributed by atoms with Gasteiger partial charge in [-0.05, 0) is 137 Å². The van der Waals surface area contributed by atoms with Gasteiger partial charge in [0.05, 0.1) is 50.8 Å². The largest absolute Gasteiger partial charge is 0.496 e. The molecule has 0 saturated heterocycles. The van der Waals surface area contributed by atoms with Gasteiger partial charge in [-0.1, -0.05) is 0 Å². The second kappa shape index (κ2) is 23.2. The van der Waals surface area contributed by atoms with E-state index in [1.165, 1.54) is 87.0 Å². The number of methoxy groups -OCH3 is 4. The first kappa shape index (κ1) is 46.2. The first-order valence-corrected chi connectivity index (χ1v) is 19.9. The van der Waals surface area contributed by atoms with Crippen molar-refractivity contribution in [3.05, 3.63) is 131 Å². The molecule has 5 aromatic rings. The van der Waals surface area contributed by atoms with Crippen molar-refractivity contribution in [1.82, 2.24) is 0 Å². The number of hydrogen-bond donors (Lipinski definition) is 0. The van der Waals surface area contributed by atoms with Crippen molar-refractivity contribution < 1.29 is 66.5 Å². The lowest BCUT2D eigenvalue weighted by Gasteiger charge is -2.13. The van der Waals surface area contributed by atoms with Gasteiger partial charge < -0.3 is 47.4 Å². The molecule has 0 bridgehead atoms. The highest BCUT2D eigenvalue weighted by Gasteiger charge is 2.19. The molecule has 326 valence electrons. The van der Waals surface area contributed by atoms with Crippen LogP contribution in [0.1, 0.15) is 81.0 Å². The highest BCUT2D eigenvalue weighted by molar-refractivity contribution is 5.96. The Kier molecular flexibility index (Phi) is 17.3. The zero-order chi connectivity index (χ0) is 44.4. The third-order valence-electron chi connectivity index (χ3n) is 9.48. The Morgan fingerprint density at radius 3 is 1.05 bits per heavy atom. The van der Waals surface area contributed by atoms with Gasteiger partial charge in [-0.15, -0.1) is 0 Å². The van der Waals surface area contributed by atoms with Gasteiger partial charge in [0.25, 0.3) is 0 Å². The van der Waals surface area contributed by atoms with Crippen LogP contribution in [0, 0.1) is 0 Å². The van der Waals surface area contributed by atoms with E-state index >= 15 is 0 Å². The molecule has 0 aromatic heterocycles. The molecule has 62 heavy (non-hydrogen) atoms. The van der Waals surface area contributed by atoms with Gasteiger partial charge in [-0.3, -0.25) is 0 Å². The van der Waals surface area contributed by atoms with Crippen LogP contribution < -0.4 is 37.9 Å². The second-order valence-electron chi connectivity index (χ2n) is 13.9. The lowest BCUT2D eigenvalue weighted by molar-refractivity contribution is 0.0715. The Morgan fingerprint density at radius 1 is 0.419 bits per heavy atom. The van der Waals surface area contributed by atoms with Gasteiger partial charge >= 0.3 is 23.9 Å². The molecule has 0 aliphatic rings. The number of benzene rings is 5. The maximum atomic E-state index is 13.0. The van der Waals surface area contributed by atoms with Crippen LogP contribution in [0.25, 0.3) is 0 Å². The van der Waals surface area contributed by atoms with Crippen LogP contribution >= 0.6 is 0 Å². The van der Waals surface area contributed by atoms with E-state index in [1.807, 2.05) is 13.8 Å². The Labute approximate surface area is 360 Å². The fourth-order valence-corrected chi connectivity index (χ4v) is 5.77. The Balaban J connectivity index is 1.07. The molecule has 0 heterocycles. The summed E-state index contributed by atoms with van der Waals surface area (Å²) < 4.78 is 54.9. The van der Waals surface area contributed by atoms with Crippen LogP contribution in [-0.4, -0.2) is 77.7 Å². The van der Waals surface area contributed by atoms with Crippen molar-refractivity contribution in [3.8, 4) is 46.0 Å². The molecular weight excluding hydrogens is 801 g/mol. The van der Waals surface area contributed by atoms with Gasteiger partial charge in [0.1, 0.15) is 57.1 Å². The zero-order valence-electron chi connectivity index (χ0n) is 35.5. The van der Waals surface area contributed by atoms with E-state index in [-0.39, 0.29) is 57.5 Å². The van der Waals surface area contributed by atoms with Gasteiger partial charge in [0, 0.05) is 26.4 Å². The minimum absolute atomic E-state index is 0.140. The predicted octanol–water partition coefficient (Wildman–Crippen LogP) is 8.97. The predicted molar refractivity (Wildman–Crippen MR) is 228 cm³/mol. The zero-order valence-corrected chi connectivity index (χ0v) is 35.5. The molecule has 5 rings (SSSR count). The van der Waals surface area contributed by atoms with Crippen molar-refractivity contribution in [1.29, 1.82) is 0 Å². The summed E-state index contributed by atoms with van der Waals surface area (Å²) in [4.78, 5) is 51.7. The Hall–Kier alpha value is -6.90. The van der Waals surface area contributed by atoms with Gasteiger partial charge in [-0.2, -0.15) is 0 Å². The first-order chi connectivity index (χ1) is 30.0. The second-order valence-corrected chi connectivity index (χ2v) is 13.9. The van der Waals surface area contributed by atoms with E-state index in [9.17, 15) is 19.2 Å². The van der Waals surface area contributed by atoms with Gasteiger partial charge in [0.2, 0.25) is 0 Å². The Morgan fingerprint density at radius 2 is 0.726 bits per heavy atom. The van der Waals surface area contributed by atoms with E-state index in [1.54, 1.807) is 50.6 Å². The molecule has 0 amide bonds. The number of rotatable bonds is 22. The first-order valence-electron chi connectivity index (χ1n) is 19.9. The molecule has 2 atom stereocenters. The molecule has 0 N–H and O–H groups in total. The summed E-state index contributed by atoms with van der Waals surface area (Å²) in [5.74, 6) is -0.123. The van der Waals surface area contributed by atoms with Crippen molar-refractivity contribution in [2.75, 3.05) is 41.7 Å². The summed E-state index contributed by atoms with van der Waals surface area (Å²) >= 11 is 0. The third-order valence-corrected chi connectivity index (χ3v) is 9.48. The summed E-state index contributed by atoms with van der Waals surface area (Å²) in [6.45, 7) is 4.95. The van der Waals surface area contributed by atoms with Crippen LogP contribution in [0.5, 0.6) is 46.0 Å². The van der Waals surface area contributed by atoms with Crippen molar-refractivity contribution in [3.63, 3.8) is 0 Å². The van der Waals surface area contributed by atoms with Crippen LogP contribution in [0.3, 0.4) is 0 Å². The van der Waals surface area contributed by atoms with E-state index in [4.69, 9.17) is 47.4 Å². The average Bonchev–Trinajstić information content (AvgIpc) is 3.29. The topological polar surface area (TPSA) is 161 Å². The smallest absolute Gasteiger partial charge is 0.347 e. The van der Waals surface area contributed by atoms with Crippen LogP contribution in [0.4, 0.5) is 0 Å². The molecule has 0 aliphatic heterocycles. The third kappa shape index (κ3) is 13.6. The normalized spacial score (nSPS) is 11.7. The number of esters is 4. The standard InChI is InChI=1S/C48H50O14/c1-31(53-3)9-7-27-57-39-23-25-41(43(29-39)55-5)47(51)61-35-15-11-33(12-16-35)45(49)59-37-19-21-38(22-20-37)60-46(50)34-13-17-36(18-14-34)62-48(52)42-26-24-40(30-44(42)56-6)58-28-8-10-32(2)54-4/h11-26,29-32H,7-10,27-28H2,1-6H3. The minimum atomic E-state index is -0.661. The average molecular weight is 851 g/mol.